The lowest BCUT2D eigenvalue weighted by Crippen LogP contribution is -2.40. The minimum Gasteiger partial charge on any atom is -0.369 e. The summed E-state index contributed by atoms with van der Waals surface area (Å²) in [5, 5.41) is 0. The first-order chi connectivity index (χ1) is 16.8. The van der Waals surface area contributed by atoms with Crippen molar-refractivity contribution in [3.63, 3.8) is 0 Å². The number of nitrogens with zero attached hydrogens (tertiary/aromatic N) is 4. The zero-order chi connectivity index (χ0) is 24.7. The molecule has 3 fully saturated rings. The van der Waals surface area contributed by atoms with Crippen molar-refractivity contribution in [2.45, 2.75) is 57.9 Å². The maximum absolute atomic E-state index is 13.7. The van der Waals surface area contributed by atoms with Gasteiger partial charge in [-0.3, -0.25) is 23.7 Å². The Labute approximate surface area is 213 Å². The molecule has 5 rings (SSSR count). The standard InChI is InChI=1S/C25H29N5O3S2/c1-15-7-8-20-27-22(28-11-9-16(10-12-28)21(26)31)18(23(32)29(20)14-15)13-19-24(33)30(25(34)35-19)17-5-3-2-4-6-17/h7-8,13-14,16-17H,2-6,9-12H2,1H3,(H2,26,31). The summed E-state index contributed by atoms with van der Waals surface area (Å²) in [6.45, 7) is 3.04. The minimum absolute atomic E-state index is 0.126. The van der Waals surface area contributed by atoms with E-state index in [1.165, 1.54) is 22.6 Å². The van der Waals surface area contributed by atoms with E-state index in [0.29, 0.717) is 52.2 Å². The number of hydrogen-bond donors (Lipinski definition) is 1. The summed E-state index contributed by atoms with van der Waals surface area (Å²) in [5.41, 5.74) is 7.13. The Hall–Kier alpha value is -2.72. The van der Waals surface area contributed by atoms with Crippen molar-refractivity contribution in [2.24, 2.45) is 11.7 Å². The SMILES string of the molecule is Cc1ccc2nc(N3CCC(C(N)=O)CC3)c(C=C3SC(=S)N(C4CCCCC4)C3=O)c(=O)n2c1. The number of primary amides is 1. The number of hydrogen-bond acceptors (Lipinski definition) is 7. The first-order valence-corrected chi connectivity index (χ1v) is 13.4. The molecule has 3 aliphatic rings. The largest absolute Gasteiger partial charge is 0.369 e. The highest BCUT2D eigenvalue weighted by Gasteiger charge is 2.38. The average molecular weight is 512 g/mol. The Balaban J connectivity index is 1.56. The zero-order valence-electron chi connectivity index (χ0n) is 19.7. The molecule has 2 N–H and O–H groups in total. The molecule has 2 saturated heterocycles. The second-order valence-electron chi connectivity index (χ2n) is 9.60. The Morgan fingerprint density at radius 1 is 1.14 bits per heavy atom. The summed E-state index contributed by atoms with van der Waals surface area (Å²) < 4.78 is 2.09. The quantitative estimate of drug-likeness (QED) is 0.497. The lowest BCUT2D eigenvalue weighted by atomic mass is 9.94. The van der Waals surface area contributed by atoms with Crippen molar-refractivity contribution in [1.29, 1.82) is 0 Å². The summed E-state index contributed by atoms with van der Waals surface area (Å²) in [6.07, 6.45) is 9.94. The molecule has 0 bridgehead atoms. The molecule has 0 spiro atoms. The molecule has 0 atom stereocenters. The van der Waals surface area contributed by atoms with E-state index in [1.54, 1.807) is 17.2 Å². The molecule has 2 amide bonds. The fourth-order valence-electron chi connectivity index (χ4n) is 5.26. The molecule has 8 nitrogen and oxygen atoms in total. The van der Waals surface area contributed by atoms with Crippen LogP contribution in [0.4, 0.5) is 5.82 Å². The first-order valence-electron chi connectivity index (χ1n) is 12.2. The average Bonchev–Trinajstić information content (AvgIpc) is 3.14. The number of carbonyl (C=O) groups excluding carboxylic acids is 2. The molecule has 2 aromatic heterocycles. The predicted molar refractivity (Wildman–Crippen MR) is 142 cm³/mol. The Kier molecular flexibility index (Phi) is 6.67. The van der Waals surface area contributed by atoms with Crippen molar-refractivity contribution in [3.8, 4) is 0 Å². The van der Waals surface area contributed by atoms with Crippen molar-refractivity contribution in [1.82, 2.24) is 14.3 Å². The number of piperidine rings is 1. The van der Waals surface area contributed by atoms with Crippen molar-refractivity contribution < 1.29 is 9.59 Å². The first kappa shape index (κ1) is 24.0. The van der Waals surface area contributed by atoms with E-state index in [-0.39, 0.29) is 29.3 Å². The number of aromatic nitrogens is 2. The summed E-state index contributed by atoms with van der Waals surface area (Å²) in [4.78, 5) is 47.8. The number of fused-ring (bicyclic) bond motifs is 1. The summed E-state index contributed by atoms with van der Waals surface area (Å²) >= 11 is 6.85. The van der Waals surface area contributed by atoms with E-state index in [9.17, 15) is 14.4 Å². The van der Waals surface area contributed by atoms with E-state index in [0.717, 1.165) is 31.2 Å². The third-order valence-corrected chi connectivity index (χ3v) is 8.55. The van der Waals surface area contributed by atoms with Gasteiger partial charge >= 0.3 is 0 Å². The third kappa shape index (κ3) is 4.61. The molecular weight excluding hydrogens is 482 g/mol. The van der Waals surface area contributed by atoms with Gasteiger partial charge < -0.3 is 10.6 Å². The predicted octanol–water partition coefficient (Wildman–Crippen LogP) is 3.24. The zero-order valence-corrected chi connectivity index (χ0v) is 21.4. The summed E-state index contributed by atoms with van der Waals surface area (Å²) in [7, 11) is 0. The monoisotopic (exact) mass is 511 g/mol. The van der Waals surface area contributed by atoms with Crippen LogP contribution >= 0.6 is 24.0 Å². The van der Waals surface area contributed by atoms with Crippen molar-refractivity contribution in [2.75, 3.05) is 18.0 Å². The molecule has 0 radical (unpaired) electrons. The second kappa shape index (κ2) is 9.73. The highest BCUT2D eigenvalue weighted by molar-refractivity contribution is 8.26. The third-order valence-electron chi connectivity index (χ3n) is 7.22. The lowest BCUT2D eigenvalue weighted by Gasteiger charge is -2.32. The van der Waals surface area contributed by atoms with Crippen LogP contribution in [-0.4, -0.2) is 49.6 Å². The Bertz CT molecular complexity index is 1290. The molecule has 2 aromatic rings. The van der Waals surface area contributed by atoms with Crippen LogP contribution in [0, 0.1) is 12.8 Å². The molecule has 4 heterocycles. The molecule has 35 heavy (non-hydrogen) atoms. The van der Waals surface area contributed by atoms with Crippen LogP contribution in [0.5, 0.6) is 0 Å². The van der Waals surface area contributed by atoms with Crippen LogP contribution in [0.2, 0.25) is 0 Å². The highest BCUT2D eigenvalue weighted by Crippen LogP contribution is 2.38. The van der Waals surface area contributed by atoms with Crippen LogP contribution in [0.15, 0.2) is 28.0 Å². The fraction of sp³-hybridized carbons (Fsp3) is 0.480. The van der Waals surface area contributed by atoms with Gasteiger partial charge in [0, 0.05) is 31.2 Å². The van der Waals surface area contributed by atoms with Crippen LogP contribution in [-0.2, 0) is 9.59 Å². The Morgan fingerprint density at radius 3 is 2.54 bits per heavy atom. The highest BCUT2D eigenvalue weighted by atomic mass is 32.2. The van der Waals surface area contributed by atoms with E-state index in [1.807, 2.05) is 24.0 Å². The molecule has 2 aliphatic heterocycles. The number of amides is 2. The van der Waals surface area contributed by atoms with Crippen molar-refractivity contribution in [3.05, 3.63) is 44.7 Å². The fourth-order valence-corrected chi connectivity index (χ4v) is 6.64. The lowest BCUT2D eigenvalue weighted by molar-refractivity contribution is -0.124. The van der Waals surface area contributed by atoms with E-state index < -0.39 is 0 Å². The summed E-state index contributed by atoms with van der Waals surface area (Å²) in [5.74, 6) is -0.0624. The van der Waals surface area contributed by atoms with Gasteiger partial charge in [-0.1, -0.05) is 49.3 Å². The van der Waals surface area contributed by atoms with Crippen LogP contribution in [0.1, 0.15) is 56.1 Å². The topological polar surface area (TPSA) is 101 Å². The number of nitrogens with two attached hydrogens (primary N) is 1. The van der Waals surface area contributed by atoms with Gasteiger partial charge in [0.15, 0.2) is 0 Å². The number of thiocarbonyl (C=S) groups is 1. The van der Waals surface area contributed by atoms with E-state index >= 15 is 0 Å². The number of aryl methyl sites for hydroxylation is 1. The molecule has 184 valence electrons. The Morgan fingerprint density at radius 2 is 1.86 bits per heavy atom. The summed E-state index contributed by atoms with van der Waals surface area (Å²) in [6, 6.07) is 3.87. The van der Waals surface area contributed by atoms with Crippen LogP contribution in [0.3, 0.4) is 0 Å². The normalized spacial score (nSPS) is 21.5. The van der Waals surface area contributed by atoms with Gasteiger partial charge in [0.2, 0.25) is 5.91 Å². The minimum atomic E-state index is -0.293. The molecule has 1 aliphatic carbocycles. The smallest absolute Gasteiger partial charge is 0.267 e. The number of rotatable bonds is 4. The molecule has 10 heteroatoms. The molecule has 0 unspecified atom stereocenters. The van der Waals surface area contributed by atoms with Gasteiger partial charge in [0.05, 0.1) is 10.5 Å². The van der Waals surface area contributed by atoms with Gasteiger partial charge in [-0.05, 0) is 50.3 Å². The maximum Gasteiger partial charge on any atom is 0.267 e. The van der Waals surface area contributed by atoms with Crippen LogP contribution in [0.25, 0.3) is 11.7 Å². The van der Waals surface area contributed by atoms with Gasteiger partial charge in [0.1, 0.15) is 15.8 Å². The van der Waals surface area contributed by atoms with Gasteiger partial charge in [-0.2, -0.15) is 0 Å². The molecule has 0 aromatic carbocycles. The number of pyridine rings is 1. The van der Waals surface area contributed by atoms with Gasteiger partial charge in [-0.15, -0.1) is 0 Å². The molecular formula is C25H29N5O3S2. The van der Waals surface area contributed by atoms with Gasteiger partial charge in [-0.25, -0.2) is 4.98 Å². The van der Waals surface area contributed by atoms with E-state index in [2.05, 4.69) is 0 Å². The maximum atomic E-state index is 13.7. The van der Waals surface area contributed by atoms with Crippen LogP contribution < -0.4 is 16.2 Å². The molecule has 1 saturated carbocycles. The van der Waals surface area contributed by atoms with E-state index in [4.69, 9.17) is 22.9 Å². The van der Waals surface area contributed by atoms with Crippen molar-refractivity contribution >= 4 is 57.7 Å². The number of thioether (sulfide) groups is 1. The number of anilines is 1. The van der Waals surface area contributed by atoms with Gasteiger partial charge in [0.25, 0.3) is 11.5 Å². The number of carbonyl (C=O) groups is 2. The second-order valence-corrected chi connectivity index (χ2v) is 11.3.